The quantitative estimate of drug-likeness (QED) is 0.900. The zero-order valence-corrected chi connectivity index (χ0v) is 10.9. The zero-order valence-electron chi connectivity index (χ0n) is 10.9. The van der Waals surface area contributed by atoms with Crippen LogP contribution < -0.4 is 5.32 Å². The Hall–Kier alpha value is -1.82. The van der Waals surface area contributed by atoms with Crippen LogP contribution in [0, 0.1) is 11.6 Å². The van der Waals surface area contributed by atoms with Gasteiger partial charge in [0.25, 0.3) is 0 Å². The van der Waals surface area contributed by atoms with Gasteiger partial charge in [0.05, 0.1) is 5.69 Å². The molecule has 2 rings (SSSR count). The molecule has 1 aromatic carbocycles. The molecular formula is C13H16F2N4. The molecule has 4 nitrogen and oxygen atoms in total. The molecule has 1 N–H and O–H groups in total. The minimum absolute atomic E-state index is 0.313. The Labute approximate surface area is 110 Å². The van der Waals surface area contributed by atoms with Gasteiger partial charge < -0.3 is 5.32 Å². The van der Waals surface area contributed by atoms with Gasteiger partial charge in [-0.3, -0.25) is 4.68 Å². The van der Waals surface area contributed by atoms with E-state index in [1.165, 1.54) is 6.07 Å². The van der Waals surface area contributed by atoms with E-state index in [4.69, 9.17) is 0 Å². The van der Waals surface area contributed by atoms with Gasteiger partial charge in [0.2, 0.25) is 0 Å². The van der Waals surface area contributed by atoms with Gasteiger partial charge >= 0.3 is 0 Å². The van der Waals surface area contributed by atoms with Crippen molar-refractivity contribution in [2.24, 2.45) is 7.05 Å². The van der Waals surface area contributed by atoms with Gasteiger partial charge in [0, 0.05) is 31.3 Å². The molecule has 1 heterocycles. The van der Waals surface area contributed by atoms with Crippen molar-refractivity contribution >= 4 is 0 Å². The van der Waals surface area contributed by atoms with Crippen molar-refractivity contribution in [2.45, 2.75) is 19.4 Å². The molecule has 6 heteroatoms. The second-order valence-electron chi connectivity index (χ2n) is 4.34. The second kappa shape index (κ2) is 5.88. The predicted octanol–water partition coefficient (Wildman–Crippen LogP) is 1.99. The number of benzene rings is 1. The summed E-state index contributed by atoms with van der Waals surface area (Å²) in [5.74, 6) is -1.64. The molecule has 0 saturated heterocycles. The first kappa shape index (κ1) is 13.6. The van der Waals surface area contributed by atoms with E-state index in [0.29, 0.717) is 18.5 Å². The van der Waals surface area contributed by atoms with Gasteiger partial charge in [-0.2, -0.15) is 0 Å². The molecule has 0 aliphatic rings. The Morgan fingerprint density at radius 2 is 2.16 bits per heavy atom. The Morgan fingerprint density at radius 3 is 2.79 bits per heavy atom. The van der Waals surface area contributed by atoms with E-state index in [1.807, 2.05) is 6.92 Å². The maximum atomic E-state index is 13.8. The highest BCUT2D eigenvalue weighted by atomic mass is 19.2. The number of hydrogen-bond acceptors (Lipinski definition) is 3. The van der Waals surface area contributed by atoms with Crippen molar-refractivity contribution in [2.75, 3.05) is 6.54 Å². The number of rotatable bonds is 5. The largest absolute Gasteiger partial charge is 0.310 e. The summed E-state index contributed by atoms with van der Waals surface area (Å²) in [6.07, 6.45) is 2.23. The third-order valence-electron chi connectivity index (χ3n) is 2.87. The highest BCUT2D eigenvalue weighted by Crippen LogP contribution is 2.22. The van der Waals surface area contributed by atoms with E-state index < -0.39 is 11.6 Å². The summed E-state index contributed by atoms with van der Waals surface area (Å²) >= 11 is 0. The van der Waals surface area contributed by atoms with Crippen LogP contribution in [0.4, 0.5) is 8.78 Å². The minimum Gasteiger partial charge on any atom is -0.310 e. The lowest BCUT2D eigenvalue weighted by molar-refractivity contribution is 0.462. The van der Waals surface area contributed by atoms with E-state index >= 15 is 0 Å². The van der Waals surface area contributed by atoms with Crippen LogP contribution in [0.15, 0.2) is 24.4 Å². The summed E-state index contributed by atoms with van der Waals surface area (Å²) in [5.41, 5.74) is 1.05. The summed E-state index contributed by atoms with van der Waals surface area (Å²) < 4.78 is 28.7. The number of aromatic nitrogens is 3. The van der Waals surface area contributed by atoms with Gasteiger partial charge in [0.15, 0.2) is 11.6 Å². The average Bonchev–Trinajstić information content (AvgIpc) is 2.78. The maximum Gasteiger partial charge on any atom is 0.163 e. The zero-order chi connectivity index (χ0) is 13.8. The van der Waals surface area contributed by atoms with Crippen LogP contribution in [0.2, 0.25) is 0 Å². The molecule has 0 bridgehead atoms. The number of likely N-dealkylation sites (N-methyl/N-ethyl adjacent to an activating group) is 1. The van der Waals surface area contributed by atoms with E-state index in [9.17, 15) is 8.78 Å². The SMILES string of the molecule is CCNC(Cc1cn(C)nn1)c1cccc(F)c1F. The van der Waals surface area contributed by atoms with Crippen LogP contribution >= 0.6 is 0 Å². The molecule has 1 aromatic heterocycles. The van der Waals surface area contributed by atoms with Crippen LogP contribution in [0.1, 0.15) is 24.2 Å². The molecule has 0 radical (unpaired) electrons. The van der Waals surface area contributed by atoms with Crippen LogP contribution in [0.25, 0.3) is 0 Å². The standard InChI is InChI=1S/C13H16F2N4/c1-3-16-12(7-9-8-19(2)18-17-9)10-5-4-6-11(14)13(10)15/h4-6,8,12,16H,3,7H2,1-2H3. The molecule has 19 heavy (non-hydrogen) atoms. The molecule has 0 saturated carbocycles. The van der Waals surface area contributed by atoms with Crippen molar-refractivity contribution in [3.8, 4) is 0 Å². The van der Waals surface area contributed by atoms with Crippen LogP contribution in [0.5, 0.6) is 0 Å². The molecule has 0 amide bonds. The van der Waals surface area contributed by atoms with Gasteiger partial charge in [-0.25, -0.2) is 8.78 Å². The molecule has 0 spiro atoms. The van der Waals surface area contributed by atoms with Gasteiger partial charge in [0.1, 0.15) is 0 Å². The number of halogens is 2. The fraction of sp³-hybridized carbons (Fsp3) is 0.385. The Kier molecular flexibility index (Phi) is 4.21. The molecule has 1 unspecified atom stereocenters. The summed E-state index contributed by atoms with van der Waals surface area (Å²) in [6.45, 7) is 2.57. The van der Waals surface area contributed by atoms with Crippen LogP contribution in [-0.2, 0) is 13.5 Å². The lowest BCUT2D eigenvalue weighted by Crippen LogP contribution is -2.24. The van der Waals surface area contributed by atoms with Crippen molar-refractivity contribution in [3.63, 3.8) is 0 Å². The topological polar surface area (TPSA) is 42.7 Å². The maximum absolute atomic E-state index is 13.8. The van der Waals surface area contributed by atoms with Crippen LogP contribution in [-0.4, -0.2) is 21.5 Å². The third kappa shape index (κ3) is 3.14. The van der Waals surface area contributed by atoms with Crippen molar-refractivity contribution in [1.29, 1.82) is 0 Å². The van der Waals surface area contributed by atoms with Gasteiger partial charge in [-0.05, 0) is 12.6 Å². The highest BCUT2D eigenvalue weighted by molar-refractivity contribution is 5.23. The molecule has 0 aliphatic heterocycles. The smallest absolute Gasteiger partial charge is 0.163 e. The molecular weight excluding hydrogens is 250 g/mol. The van der Waals surface area contributed by atoms with Crippen molar-refractivity contribution < 1.29 is 8.78 Å². The van der Waals surface area contributed by atoms with Crippen molar-refractivity contribution in [3.05, 3.63) is 47.3 Å². The molecule has 0 fully saturated rings. The molecule has 0 aliphatic carbocycles. The predicted molar refractivity (Wildman–Crippen MR) is 67.5 cm³/mol. The minimum atomic E-state index is -0.834. The fourth-order valence-electron chi connectivity index (χ4n) is 2.03. The van der Waals surface area contributed by atoms with E-state index in [1.54, 1.807) is 24.0 Å². The molecule has 1 atom stereocenters. The highest BCUT2D eigenvalue weighted by Gasteiger charge is 2.19. The third-order valence-corrected chi connectivity index (χ3v) is 2.87. The lowest BCUT2D eigenvalue weighted by atomic mass is 10.0. The molecule has 102 valence electrons. The molecule has 2 aromatic rings. The monoisotopic (exact) mass is 266 g/mol. The number of nitrogens with one attached hydrogen (secondary N) is 1. The second-order valence-corrected chi connectivity index (χ2v) is 4.34. The lowest BCUT2D eigenvalue weighted by Gasteiger charge is -2.18. The first-order valence-corrected chi connectivity index (χ1v) is 6.14. The number of nitrogens with zero attached hydrogens (tertiary/aromatic N) is 3. The summed E-state index contributed by atoms with van der Waals surface area (Å²) in [5, 5.41) is 10.9. The van der Waals surface area contributed by atoms with E-state index in [2.05, 4.69) is 15.6 Å². The first-order chi connectivity index (χ1) is 9.11. The average molecular weight is 266 g/mol. The van der Waals surface area contributed by atoms with E-state index in [0.717, 1.165) is 11.8 Å². The number of aryl methyl sites for hydroxylation is 1. The summed E-state index contributed by atoms with van der Waals surface area (Å²) in [4.78, 5) is 0. The van der Waals surface area contributed by atoms with Crippen LogP contribution in [0.3, 0.4) is 0 Å². The Morgan fingerprint density at radius 1 is 1.37 bits per heavy atom. The summed E-state index contributed by atoms with van der Waals surface area (Å²) in [6, 6.07) is 3.89. The Bertz CT molecular complexity index is 553. The fourth-order valence-corrected chi connectivity index (χ4v) is 2.03. The summed E-state index contributed by atoms with van der Waals surface area (Å²) in [7, 11) is 1.77. The normalized spacial score (nSPS) is 12.6. The first-order valence-electron chi connectivity index (χ1n) is 6.14. The van der Waals surface area contributed by atoms with Crippen molar-refractivity contribution in [1.82, 2.24) is 20.3 Å². The van der Waals surface area contributed by atoms with Gasteiger partial charge in [-0.1, -0.05) is 24.3 Å². The van der Waals surface area contributed by atoms with E-state index in [-0.39, 0.29) is 6.04 Å². The Balaban J connectivity index is 2.26. The van der Waals surface area contributed by atoms with Gasteiger partial charge in [-0.15, -0.1) is 5.10 Å². The number of hydrogen-bond donors (Lipinski definition) is 1.